The van der Waals surface area contributed by atoms with E-state index in [-0.39, 0.29) is 49.6 Å². The van der Waals surface area contributed by atoms with Crippen LogP contribution in [0.15, 0.2) is 170 Å². The molecule has 668 valence electrons. The van der Waals surface area contributed by atoms with E-state index in [0.717, 1.165) is 181 Å². The number of carbonyl (C=O) groups is 5. The molecule has 0 saturated carbocycles. The molecule has 0 radical (unpaired) electrons. The van der Waals surface area contributed by atoms with E-state index in [1.54, 1.807) is 25.3 Å². The number of aromatic nitrogens is 4. The van der Waals surface area contributed by atoms with Crippen LogP contribution in [0.25, 0.3) is 87.2 Å². The minimum atomic E-state index is -0.416. The zero-order valence-electron chi connectivity index (χ0n) is 70.5. The second kappa shape index (κ2) is 55.1. The summed E-state index contributed by atoms with van der Waals surface area (Å²) in [6, 6.07) is 54.5. The zero-order chi connectivity index (χ0) is 89.1. The van der Waals surface area contributed by atoms with Gasteiger partial charge >= 0.3 is 29.8 Å². The van der Waals surface area contributed by atoms with Gasteiger partial charge in [0.2, 0.25) is 0 Å². The largest absolute Gasteiger partial charge is 0.494 e. The molecule has 4 N–H and O–H groups in total. The Hall–Kier alpha value is -8.76. The van der Waals surface area contributed by atoms with E-state index in [1.807, 2.05) is 159 Å². The van der Waals surface area contributed by atoms with Crippen molar-refractivity contribution in [1.82, 2.24) is 39.5 Å². The molecule has 0 saturated heterocycles. The van der Waals surface area contributed by atoms with E-state index in [9.17, 15) is 24.0 Å². The molecule has 4 aromatic heterocycles. The maximum atomic E-state index is 12.2. The molecule has 0 aliphatic heterocycles. The highest BCUT2D eigenvalue weighted by atomic mass is 35.5. The SMILES string of the molecule is COC(=O)c1ccc2nc3ccccc3c(NCCC(=O)OCCCN(CCCl)CCCl)c2c1.COc1cccc2c(NCCC(=O)OCCN(CCCl)CCCl)c3ccccc3nc12.Cc1c(Cl)ccc2c(NCCC(=O)OCCN(CCCl)CCCl)c3ccccc3nc12.O=C(CCNc1c2ccccc2nc2ccccc12)OCCN(CCCl)CCCl. The van der Waals surface area contributed by atoms with Gasteiger partial charge in [-0.3, -0.25) is 33.9 Å². The van der Waals surface area contributed by atoms with Crippen molar-refractivity contribution in [3.8, 4) is 5.75 Å². The molecule has 0 atom stereocenters. The highest BCUT2D eigenvalue weighted by Gasteiger charge is 2.20. The van der Waals surface area contributed by atoms with Gasteiger partial charge < -0.3 is 54.6 Å². The van der Waals surface area contributed by atoms with Crippen LogP contribution in [0.3, 0.4) is 0 Å². The Bertz CT molecular complexity index is 5380. The van der Waals surface area contributed by atoms with Crippen LogP contribution in [0, 0.1) is 6.92 Å². The Labute approximate surface area is 774 Å². The minimum Gasteiger partial charge on any atom is -0.494 e. The average molecular weight is 1890 g/mol. The second-order valence-electron chi connectivity index (χ2n) is 28.5. The standard InChI is InChI=1S/C25H29Cl2N3O4.C23H26Cl3N3O2.C23H27Cl2N3O3.C22H25Cl2N3O2/c1-33-25(32)18-7-8-22-20(17-18)24(19-5-2-3-6-21(19)29-22)28-12-9-23(31)34-16-4-13-30(14-10-26)15-11-27;1-16-19(26)7-6-18-22(16)28-20-5-3-2-4-17(20)23(18)27-11-8-21(30)31-15-14-29(12-9-24)13-10-25;1-30-20-8-4-6-18-22(17-5-2-3-7-19(17)27-23(18)20)26-12-9-21(29)31-16-15-28(13-10-24)14-11-25;23-10-13-27(14-11-24)15-16-29-21(28)9-12-25-22-17-5-1-3-7-19(17)26-20-8-4-2-6-18(20)22/h2-3,5-8,17H,4,9-16H2,1H3,(H,28,29);2-7H,8-15H2,1H3,(H,27,28);2-8H,9-16H2,1H3,(H,26,27);1-8H,9-16H2,(H,25,26). The number of hydrogen-bond acceptors (Lipinski definition) is 23. The molecule has 0 aliphatic rings. The molecule has 12 aromatic rings. The number of benzene rings is 8. The van der Waals surface area contributed by atoms with Crippen LogP contribution in [0.2, 0.25) is 5.02 Å². The summed E-state index contributed by atoms with van der Waals surface area (Å²) in [6.45, 7) is 13.6. The Morgan fingerprint density at radius 3 is 1.01 bits per heavy atom. The van der Waals surface area contributed by atoms with Crippen molar-refractivity contribution >= 4 is 244 Å². The first-order chi connectivity index (χ1) is 61.0. The number of rotatable bonds is 47. The van der Waals surface area contributed by atoms with Gasteiger partial charge in [-0.15, -0.1) is 92.8 Å². The molecule has 23 nitrogen and oxygen atoms in total. The number of fused-ring (bicyclic) bond motifs is 8. The Morgan fingerprint density at radius 2 is 0.640 bits per heavy atom. The summed E-state index contributed by atoms with van der Waals surface area (Å²) in [5, 5.41) is 22.0. The lowest BCUT2D eigenvalue weighted by molar-refractivity contribution is -0.144. The van der Waals surface area contributed by atoms with E-state index >= 15 is 0 Å². The zero-order valence-corrected chi connectivity index (χ0v) is 77.3. The number of ether oxygens (including phenoxy) is 6. The van der Waals surface area contributed by atoms with Gasteiger partial charge in [0.05, 0.1) is 113 Å². The number of halogens is 9. The molecule has 0 fully saturated rings. The Balaban J connectivity index is 0.000000189. The topological polar surface area (TPSA) is 253 Å². The Kier molecular flexibility index (Phi) is 44.1. The number of pyridine rings is 4. The molecule has 0 bridgehead atoms. The fourth-order valence-corrected chi connectivity index (χ4v) is 16.0. The molecule has 12 rings (SSSR count). The van der Waals surface area contributed by atoms with Crippen LogP contribution in [-0.2, 0) is 42.9 Å². The van der Waals surface area contributed by atoms with Crippen molar-refractivity contribution in [1.29, 1.82) is 0 Å². The van der Waals surface area contributed by atoms with Gasteiger partial charge in [-0.25, -0.2) is 24.7 Å². The number of alkyl halides is 8. The van der Waals surface area contributed by atoms with E-state index in [2.05, 4.69) is 40.9 Å². The fourth-order valence-electron chi connectivity index (χ4n) is 13.9. The predicted octanol–water partition coefficient (Wildman–Crippen LogP) is 19.2. The highest BCUT2D eigenvalue weighted by Crippen LogP contribution is 2.38. The molecule has 125 heavy (non-hydrogen) atoms. The summed E-state index contributed by atoms with van der Waals surface area (Å²) in [7, 11) is 2.99. The predicted molar refractivity (Wildman–Crippen MR) is 517 cm³/mol. The maximum Gasteiger partial charge on any atom is 0.337 e. The fraction of sp³-hybridized carbons (Fsp3) is 0.387. The van der Waals surface area contributed by atoms with Gasteiger partial charge in [0, 0.05) is 200 Å². The van der Waals surface area contributed by atoms with Crippen LogP contribution in [0.5, 0.6) is 5.75 Å². The van der Waals surface area contributed by atoms with E-state index in [4.69, 9.17) is 153 Å². The number of carbonyl (C=O) groups excluding carboxylic acids is 5. The molecule has 32 heteroatoms. The van der Waals surface area contributed by atoms with Crippen molar-refractivity contribution in [2.75, 3.05) is 214 Å². The van der Waals surface area contributed by atoms with E-state index in [1.165, 1.54) is 7.11 Å². The quantitative estimate of drug-likeness (QED) is 0.00909. The molecular formula is C93H107Cl9N12O11. The van der Waals surface area contributed by atoms with Crippen LogP contribution in [0.1, 0.15) is 48.0 Å². The number of aryl methyl sites for hydroxylation is 1. The van der Waals surface area contributed by atoms with Crippen LogP contribution >= 0.6 is 104 Å². The molecule has 0 amide bonds. The number of nitrogens with one attached hydrogen (secondary N) is 4. The van der Waals surface area contributed by atoms with Crippen LogP contribution in [0.4, 0.5) is 22.7 Å². The van der Waals surface area contributed by atoms with Crippen molar-refractivity contribution in [2.24, 2.45) is 0 Å². The van der Waals surface area contributed by atoms with Gasteiger partial charge in [0.1, 0.15) is 31.1 Å². The summed E-state index contributed by atoms with van der Waals surface area (Å²) in [5.41, 5.74) is 11.9. The maximum absolute atomic E-state index is 12.2. The minimum absolute atomic E-state index is 0.210. The van der Waals surface area contributed by atoms with Gasteiger partial charge in [-0.1, -0.05) is 115 Å². The van der Waals surface area contributed by atoms with E-state index in [0.29, 0.717) is 136 Å². The lowest BCUT2D eigenvalue weighted by Gasteiger charge is -2.19. The first-order valence-electron chi connectivity index (χ1n) is 41.5. The summed E-state index contributed by atoms with van der Waals surface area (Å²) in [5.74, 6) is 3.54. The molecular weight excluding hydrogens is 1780 g/mol. The second-order valence-corrected chi connectivity index (χ2v) is 31.9. The third kappa shape index (κ3) is 30.7. The summed E-state index contributed by atoms with van der Waals surface area (Å²) in [4.78, 5) is 88.1. The first-order valence-corrected chi connectivity index (χ1v) is 46.1. The van der Waals surface area contributed by atoms with Crippen LogP contribution in [-0.4, -0.2) is 262 Å². The normalized spacial score (nSPS) is 11.3. The average Bonchev–Trinajstić information content (AvgIpc) is 0.778. The summed E-state index contributed by atoms with van der Waals surface area (Å²) in [6.07, 6.45) is 1.74. The molecule has 4 heterocycles. The highest BCUT2D eigenvalue weighted by molar-refractivity contribution is 6.32. The van der Waals surface area contributed by atoms with Crippen molar-refractivity contribution in [3.05, 3.63) is 186 Å². The third-order valence-corrected chi connectivity index (χ3v) is 22.0. The number of nitrogens with zero attached hydrogens (tertiary/aromatic N) is 8. The summed E-state index contributed by atoms with van der Waals surface area (Å²) >= 11 is 52.6. The third-order valence-electron chi connectivity index (χ3n) is 20.2. The van der Waals surface area contributed by atoms with Crippen LogP contribution < -0.4 is 26.0 Å². The Morgan fingerprint density at radius 1 is 0.328 bits per heavy atom. The van der Waals surface area contributed by atoms with E-state index < -0.39 is 5.97 Å². The van der Waals surface area contributed by atoms with Crippen molar-refractivity contribution in [3.63, 3.8) is 0 Å². The summed E-state index contributed by atoms with van der Waals surface area (Å²) < 4.78 is 31.8. The van der Waals surface area contributed by atoms with Gasteiger partial charge in [0.25, 0.3) is 0 Å². The molecule has 8 aromatic carbocycles. The van der Waals surface area contributed by atoms with Crippen molar-refractivity contribution < 1.29 is 52.4 Å². The molecule has 0 unspecified atom stereocenters. The lowest BCUT2D eigenvalue weighted by atomic mass is 10.0. The first kappa shape index (κ1) is 100. The van der Waals surface area contributed by atoms with Gasteiger partial charge in [0.15, 0.2) is 0 Å². The monoisotopic (exact) mass is 1880 g/mol. The molecule has 0 aliphatic carbocycles. The number of methoxy groups -OCH3 is 2. The number of para-hydroxylation sites is 6. The van der Waals surface area contributed by atoms with Crippen molar-refractivity contribution in [2.45, 2.75) is 39.0 Å². The number of anilines is 4. The number of esters is 5. The van der Waals surface area contributed by atoms with Gasteiger partial charge in [-0.05, 0) is 85.6 Å². The van der Waals surface area contributed by atoms with Gasteiger partial charge in [-0.2, -0.15) is 0 Å². The smallest absolute Gasteiger partial charge is 0.337 e. The number of hydrogen-bond donors (Lipinski definition) is 4. The molecule has 0 spiro atoms. The lowest BCUT2D eigenvalue weighted by Crippen LogP contribution is -2.32.